The highest BCUT2D eigenvalue weighted by molar-refractivity contribution is 5.94. The van der Waals surface area contributed by atoms with Crippen LogP contribution in [0.25, 0.3) is 5.65 Å². The molecule has 0 saturated heterocycles. The third-order valence-electron chi connectivity index (χ3n) is 6.89. The molecule has 0 radical (unpaired) electrons. The molecule has 2 N–H and O–H groups in total. The molecule has 0 bridgehead atoms. The Morgan fingerprint density at radius 2 is 2.05 bits per heavy atom. The van der Waals surface area contributed by atoms with Crippen LogP contribution in [0.1, 0.15) is 74.5 Å². The lowest BCUT2D eigenvalue weighted by molar-refractivity contribution is 0.0504. The third-order valence-corrected chi connectivity index (χ3v) is 6.89. The van der Waals surface area contributed by atoms with Gasteiger partial charge in [0.1, 0.15) is 34.7 Å². The van der Waals surface area contributed by atoms with E-state index in [0.717, 1.165) is 24.8 Å². The van der Waals surface area contributed by atoms with Crippen molar-refractivity contribution in [2.24, 2.45) is 5.92 Å². The van der Waals surface area contributed by atoms with E-state index < -0.39 is 23.8 Å². The number of fused-ring (bicyclic) bond motifs is 2. The lowest BCUT2D eigenvalue weighted by atomic mass is 9.98. The van der Waals surface area contributed by atoms with Crippen LogP contribution in [-0.4, -0.2) is 56.6 Å². The molecule has 3 heterocycles. The number of nitrogens with one attached hydrogen (secondary N) is 1. The predicted octanol–water partition coefficient (Wildman–Crippen LogP) is 4.76. The Hall–Kier alpha value is -3.89. The van der Waals surface area contributed by atoms with Gasteiger partial charge in [0.05, 0.1) is 18.8 Å². The highest BCUT2D eigenvalue weighted by atomic mass is 19.1. The van der Waals surface area contributed by atoms with Gasteiger partial charge in [-0.05, 0) is 64.7 Å². The molecule has 1 saturated carbocycles. The zero-order valence-electron chi connectivity index (χ0n) is 22.6. The molecule has 208 valence electrons. The van der Waals surface area contributed by atoms with Crippen LogP contribution in [0, 0.1) is 11.7 Å². The SMILES string of the molecule is C[C@@H](CNC(=O)OC(C)(C)C)Oc1ccc(F)cc1C(CC1CC1)N1CCc2cn3ncc(C(=O)O)c3nc21. The van der Waals surface area contributed by atoms with Crippen molar-refractivity contribution in [1.29, 1.82) is 0 Å². The molecule has 3 aromatic rings. The van der Waals surface area contributed by atoms with Gasteiger partial charge in [0.2, 0.25) is 0 Å². The summed E-state index contributed by atoms with van der Waals surface area (Å²) in [6.45, 7) is 8.08. The van der Waals surface area contributed by atoms with E-state index >= 15 is 0 Å². The van der Waals surface area contributed by atoms with E-state index in [9.17, 15) is 19.1 Å². The number of benzene rings is 1. The maximum atomic E-state index is 14.7. The van der Waals surface area contributed by atoms with Crippen LogP contribution in [0.2, 0.25) is 0 Å². The Balaban J connectivity index is 1.43. The number of carboxylic acids is 1. The van der Waals surface area contributed by atoms with E-state index in [1.54, 1.807) is 26.8 Å². The number of hydrogen-bond acceptors (Lipinski definition) is 7. The Morgan fingerprint density at radius 3 is 2.74 bits per heavy atom. The van der Waals surface area contributed by atoms with Gasteiger partial charge in [0.15, 0.2) is 5.65 Å². The molecule has 1 fully saturated rings. The summed E-state index contributed by atoms with van der Waals surface area (Å²) in [4.78, 5) is 30.7. The number of aromatic nitrogens is 3. The first-order chi connectivity index (χ1) is 18.5. The summed E-state index contributed by atoms with van der Waals surface area (Å²) in [5, 5.41) is 16.5. The molecule has 1 aromatic carbocycles. The zero-order valence-corrected chi connectivity index (χ0v) is 22.6. The van der Waals surface area contributed by atoms with Crippen molar-refractivity contribution in [2.45, 2.75) is 71.1 Å². The van der Waals surface area contributed by atoms with Gasteiger partial charge in [0, 0.05) is 23.9 Å². The van der Waals surface area contributed by atoms with Crippen LogP contribution in [0.5, 0.6) is 5.75 Å². The molecule has 2 aliphatic rings. The second-order valence-electron chi connectivity index (χ2n) is 11.4. The van der Waals surface area contributed by atoms with Gasteiger partial charge in [-0.2, -0.15) is 5.10 Å². The van der Waals surface area contributed by atoms with E-state index in [0.29, 0.717) is 36.0 Å². The Kier molecular flexibility index (Phi) is 7.09. The van der Waals surface area contributed by atoms with Crippen molar-refractivity contribution in [3.8, 4) is 5.75 Å². The Morgan fingerprint density at radius 1 is 1.28 bits per heavy atom. The molecule has 10 nitrogen and oxygen atoms in total. The fraction of sp³-hybridized carbons (Fsp3) is 0.500. The summed E-state index contributed by atoms with van der Waals surface area (Å²) in [5.41, 5.74) is 1.35. The summed E-state index contributed by atoms with van der Waals surface area (Å²) in [6, 6.07) is 4.28. The summed E-state index contributed by atoms with van der Waals surface area (Å²) < 4.78 is 27.7. The number of carbonyl (C=O) groups excluding carboxylic acids is 1. The van der Waals surface area contributed by atoms with Gasteiger partial charge in [0.25, 0.3) is 0 Å². The first kappa shape index (κ1) is 26.7. The number of amides is 1. The monoisotopic (exact) mass is 539 g/mol. The number of anilines is 1. The minimum atomic E-state index is -1.09. The maximum Gasteiger partial charge on any atom is 0.407 e. The van der Waals surface area contributed by atoms with Crippen molar-refractivity contribution < 1.29 is 28.6 Å². The third kappa shape index (κ3) is 6.07. The lowest BCUT2D eigenvalue weighted by Gasteiger charge is -2.32. The van der Waals surface area contributed by atoms with Crippen LogP contribution >= 0.6 is 0 Å². The number of hydrogen-bond donors (Lipinski definition) is 2. The van der Waals surface area contributed by atoms with Gasteiger partial charge >= 0.3 is 12.1 Å². The van der Waals surface area contributed by atoms with Crippen LogP contribution in [0.3, 0.4) is 0 Å². The second-order valence-corrected chi connectivity index (χ2v) is 11.4. The highest BCUT2D eigenvalue weighted by Crippen LogP contribution is 2.46. The van der Waals surface area contributed by atoms with Crippen molar-refractivity contribution in [2.75, 3.05) is 18.0 Å². The average Bonchev–Trinajstić information content (AvgIpc) is 3.43. The highest BCUT2D eigenvalue weighted by Gasteiger charge is 2.36. The Labute approximate surface area is 226 Å². The average molecular weight is 540 g/mol. The van der Waals surface area contributed by atoms with Gasteiger partial charge in [-0.15, -0.1) is 0 Å². The molecule has 5 rings (SSSR count). The van der Waals surface area contributed by atoms with E-state index in [-0.39, 0.29) is 29.6 Å². The summed E-state index contributed by atoms with van der Waals surface area (Å²) in [7, 11) is 0. The maximum absolute atomic E-state index is 14.7. The number of carbonyl (C=O) groups is 2. The number of alkyl carbamates (subject to hydrolysis) is 1. The molecule has 2 aromatic heterocycles. The smallest absolute Gasteiger partial charge is 0.407 e. The van der Waals surface area contributed by atoms with Gasteiger partial charge in [-0.25, -0.2) is 23.5 Å². The van der Waals surface area contributed by atoms with Crippen LogP contribution in [-0.2, 0) is 11.2 Å². The normalized spacial score (nSPS) is 16.6. The second kappa shape index (κ2) is 10.3. The molecular formula is C28H34FN5O5. The molecule has 1 aliphatic heterocycles. The van der Waals surface area contributed by atoms with Crippen molar-refractivity contribution in [3.05, 3.63) is 53.1 Å². The van der Waals surface area contributed by atoms with E-state index in [1.807, 2.05) is 13.1 Å². The van der Waals surface area contributed by atoms with Crippen LogP contribution < -0.4 is 15.0 Å². The summed E-state index contributed by atoms with van der Waals surface area (Å²) in [5.74, 6) is 0.266. The van der Waals surface area contributed by atoms with E-state index in [1.165, 1.54) is 22.8 Å². The van der Waals surface area contributed by atoms with Crippen LogP contribution in [0.4, 0.5) is 15.0 Å². The predicted molar refractivity (Wildman–Crippen MR) is 142 cm³/mol. The standard InChI is InChI=1S/C28H34FN5O5/c1-16(13-30-27(37)39-28(2,3)4)38-23-8-7-19(29)12-20(23)22(11-17-5-6-17)33-10-9-18-15-34-25(32-24(18)33)21(14-31-34)26(35)36/h7-8,12,14-17,22H,5-6,9-11,13H2,1-4H3,(H,30,37)(H,35,36)/t16-,22?/m0/s1. The Bertz CT molecular complexity index is 1400. The summed E-state index contributed by atoms with van der Waals surface area (Å²) >= 11 is 0. The fourth-order valence-corrected chi connectivity index (χ4v) is 4.94. The minimum Gasteiger partial charge on any atom is -0.489 e. The van der Waals surface area contributed by atoms with Crippen molar-refractivity contribution >= 4 is 23.5 Å². The molecular weight excluding hydrogens is 505 g/mol. The number of aromatic carboxylic acids is 1. The number of halogens is 1. The molecule has 1 aliphatic carbocycles. The molecule has 1 amide bonds. The quantitative estimate of drug-likeness (QED) is 0.400. The molecule has 1 unspecified atom stereocenters. The number of carboxylic acid groups (broad SMARTS) is 1. The molecule has 11 heteroatoms. The van der Waals surface area contributed by atoms with E-state index in [4.69, 9.17) is 14.5 Å². The number of rotatable bonds is 9. The van der Waals surface area contributed by atoms with E-state index in [2.05, 4.69) is 15.3 Å². The molecule has 0 spiro atoms. The zero-order chi connectivity index (χ0) is 27.9. The topological polar surface area (TPSA) is 118 Å². The van der Waals surface area contributed by atoms with Crippen molar-refractivity contribution in [3.63, 3.8) is 0 Å². The first-order valence-electron chi connectivity index (χ1n) is 13.3. The number of nitrogens with zero attached hydrogens (tertiary/aromatic N) is 4. The molecule has 39 heavy (non-hydrogen) atoms. The fourth-order valence-electron chi connectivity index (χ4n) is 4.94. The largest absolute Gasteiger partial charge is 0.489 e. The van der Waals surface area contributed by atoms with Crippen molar-refractivity contribution in [1.82, 2.24) is 19.9 Å². The van der Waals surface area contributed by atoms with Crippen LogP contribution in [0.15, 0.2) is 30.6 Å². The summed E-state index contributed by atoms with van der Waals surface area (Å²) in [6.07, 6.45) is 5.91. The van der Waals surface area contributed by atoms with Gasteiger partial charge in [-0.3, -0.25) is 0 Å². The minimum absolute atomic E-state index is 0.0319. The first-order valence-corrected chi connectivity index (χ1v) is 13.3. The molecule has 2 atom stereocenters. The number of ether oxygens (including phenoxy) is 2. The van der Waals surface area contributed by atoms with Gasteiger partial charge in [-0.1, -0.05) is 12.8 Å². The lowest BCUT2D eigenvalue weighted by Crippen LogP contribution is -2.38. The van der Waals surface area contributed by atoms with Gasteiger partial charge < -0.3 is 24.8 Å².